The number of benzene rings is 2. The minimum absolute atomic E-state index is 0.0460. The first-order valence-electron chi connectivity index (χ1n) is 8.87. The molecule has 0 spiro atoms. The Morgan fingerprint density at radius 1 is 0.963 bits per heavy atom. The van der Waals surface area contributed by atoms with Gasteiger partial charge in [0, 0.05) is 0 Å². The van der Waals surface area contributed by atoms with E-state index in [9.17, 15) is 14.4 Å². The second kappa shape index (κ2) is 8.45. The van der Waals surface area contributed by atoms with Crippen molar-refractivity contribution in [1.82, 2.24) is 4.90 Å². The first kappa shape index (κ1) is 18.6. The number of carbonyl (C=O) groups excluding carboxylic acids is 3. The highest BCUT2D eigenvalue weighted by Crippen LogP contribution is 2.24. The molecule has 0 saturated carbocycles. The molecule has 3 rings (SSSR count). The predicted octanol–water partition coefficient (Wildman–Crippen LogP) is 3.68. The smallest absolute Gasteiger partial charge is 0.417 e. The zero-order chi connectivity index (χ0) is 19.2. The lowest BCUT2D eigenvalue weighted by atomic mass is 10.0. The largest absolute Gasteiger partial charge is 0.444 e. The van der Waals surface area contributed by atoms with E-state index in [0.29, 0.717) is 12.8 Å². The minimum atomic E-state index is -0.727. The molecule has 5 nitrogen and oxygen atoms in total. The maximum atomic E-state index is 12.6. The van der Waals surface area contributed by atoms with Crippen molar-refractivity contribution in [2.45, 2.75) is 32.4 Å². The van der Waals surface area contributed by atoms with E-state index in [2.05, 4.69) is 0 Å². The Balaban J connectivity index is 1.70. The summed E-state index contributed by atoms with van der Waals surface area (Å²) in [6.45, 7) is 1.40. The van der Waals surface area contributed by atoms with Gasteiger partial charge in [-0.05, 0) is 37.0 Å². The molecule has 1 heterocycles. The second-order valence-corrected chi connectivity index (χ2v) is 6.44. The van der Waals surface area contributed by atoms with Gasteiger partial charge in [-0.15, -0.1) is 0 Å². The van der Waals surface area contributed by atoms with Gasteiger partial charge in [0.15, 0.2) is 5.78 Å². The summed E-state index contributed by atoms with van der Waals surface area (Å²) in [6, 6.07) is 18.6. The first-order valence-corrected chi connectivity index (χ1v) is 8.87. The van der Waals surface area contributed by atoms with E-state index < -0.39 is 18.0 Å². The molecular formula is C22H21NO4. The average molecular weight is 363 g/mol. The van der Waals surface area contributed by atoms with Crippen molar-refractivity contribution in [1.29, 1.82) is 0 Å². The van der Waals surface area contributed by atoms with E-state index in [-0.39, 0.29) is 18.0 Å². The molecule has 0 aromatic heterocycles. The van der Waals surface area contributed by atoms with Gasteiger partial charge in [-0.1, -0.05) is 60.7 Å². The van der Waals surface area contributed by atoms with Gasteiger partial charge in [0.2, 0.25) is 0 Å². The molecule has 27 heavy (non-hydrogen) atoms. The van der Waals surface area contributed by atoms with Gasteiger partial charge in [0.05, 0.1) is 11.6 Å². The molecule has 0 saturated heterocycles. The molecule has 2 aromatic rings. The topological polar surface area (TPSA) is 63.7 Å². The molecule has 0 N–H and O–H groups in total. The summed E-state index contributed by atoms with van der Waals surface area (Å²) in [5, 5.41) is 0. The van der Waals surface area contributed by atoms with Gasteiger partial charge < -0.3 is 4.74 Å². The fraction of sp³-hybridized carbons (Fsp3) is 0.227. The van der Waals surface area contributed by atoms with Crippen LogP contribution in [0.5, 0.6) is 0 Å². The van der Waals surface area contributed by atoms with Crippen LogP contribution in [0.2, 0.25) is 0 Å². The Hall–Kier alpha value is -3.21. The number of amides is 2. The zero-order valence-corrected chi connectivity index (χ0v) is 15.1. The summed E-state index contributed by atoms with van der Waals surface area (Å²) in [5.74, 6) is -0.929. The third-order valence-electron chi connectivity index (χ3n) is 4.49. The maximum absolute atomic E-state index is 12.6. The number of carbonyl (C=O) groups is 3. The van der Waals surface area contributed by atoms with Gasteiger partial charge in [-0.3, -0.25) is 9.59 Å². The highest BCUT2D eigenvalue weighted by molar-refractivity contribution is 6.23. The molecule has 1 aliphatic rings. The van der Waals surface area contributed by atoms with Crippen LogP contribution in [-0.4, -0.2) is 28.7 Å². The summed E-state index contributed by atoms with van der Waals surface area (Å²) in [4.78, 5) is 37.9. The Bertz CT molecular complexity index is 858. The number of ether oxygens (including phenoxy) is 1. The van der Waals surface area contributed by atoms with Gasteiger partial charge in [0.25, 0.3) is 5.91 Å². The van der Waals surface area contributed by atoms with Crippen LogP contribution in [0.4, 0.5) is 4.79 Å². The van der Waals surface area contributed by atoms with Crippen molar-refractivity contribution in [2.24, 2.45) is 0 Å². The van der Waals surface area contributed by atoms with Crippen LogP contribution in [-0.2, 0) is 27.4 Å². The van der Waals surface area contributed by atoms with Gasteiger partial charge >= 0.3 is 6.09 Å². The van der Waals surface area contributed by atoms with Crippen LogP contribution < -0.4 is 0 Å². The summed E-state index contributed by atoms with van der Waals surface area (Å²) < 4.78 is 5.31. The number of nitrogens with zero attached hydrogens (tertiary/aromatic N) is 1. The van der Waals surface area contributed by atoms with Gasteiger partial charge in [-0.2, -0.15) is 0 Å². The van der Waals surface area contributed by atoms with E-state index in [1.165, 1.54) is 6.92 Å². The Labute approximate surface area is 158 Å². The van der Waals surface area contributed by atoms with Crippen LogP contribution in [0, 0.1) is 0 Å². The van der Waals surface area contributed by atoms with Crippen molar-refractivity contribution in [3.05, 3.63) is 83.4 Å². The number of ketones is 1. The van der Waals surface area contributed by atoms with E-state index in [0.717, 1.165) is 16.0 Å². The van der Waals surface area contributed by atoms with Crippen molar-refractivity contribution in [3.8, 4) is 0 Å². The Morgan fingerprint density at radius 3 is 2.15 bits per heavy atom. The number of aryl methyl sites for hydroxylation is 1. The van der Waals surface area contributed by atoms with E-state index in [4.69, 9.17) is 4.74 Å². The van der Waals surface area contributed by atoms with Crippen LogP contribution in [0.3, 0.4) is 0 Å². The molecule has 0 fully saturated rings. The molecule has 0 aliphatic carbocycles. The predicted molar refractivity (Wildman–Crippen MR) is 101 cm³/mol. The molecule has 1 atom stereocenters. The molecule has 2 amide bonds. The lowest BCUT2D eigenvalue weighted by molar-refractivity contribution is -0.127. The van der Waals surface area contributed by atoms with Crippen molar-refractivity contribution < 1.29 is 19.1 Å². The van der Waals surface area contributed by atoms with Gasteiger partial charge in [0.1, 0.15) is 6.61 Å². The Kier molecular flexibility index (Phi) is 5.81. The van der Waals surface area contributed by atoms with E-state index in [1.807, 2.05) is 60.7 Å². The second-order valence-electron chi connectivity index (χ2n) is 6.44. The zero-order valence-electron chi connectivity index (χ0n) is 15.1. The SMILES string of the molecule is CC(=O)C1=CC(CCc2ccccc2)N(C(=O)OCc2ccccc2)C1=O. The molecule has 0 radical (unpaired) electrons. The monoisotopic (exact) mass is 363 g/mol. The fourth-order valence-electron chi connectivity index (χ4n) is 3.07. The summed E-state index contributed by atoms with van der Waals surface area (Å²) >= 11 is 0. The third kappa shape index (κ3) is 4.50. The molecular weight excluding hydrogens is 342 g/mol. The average Bonchev–Trinajstić information content (AvgIpc) is 3.03. The van der Waals surface area contributed by atoms with Crippen LogP contribution >= 0.6 is 0 Å². The molecule has 0 bridgehead atoms. The highest BCUT2D eigenvalue weighted by atomic mass is 16.6. The molecule has 138 valence electrons. The standard InChI is InChI=1S/C22H21NO4/c1-16(24)20-14-19(13-12-17-8-4-2-5-9-17)23(21(20)25)22(26)27-15-18-10-6-3-7-11-18/h2-11,14,19H,12-13,15H2,1H3. The first-order chi connectivity index (χ1) is 13.1. The summed E-state index contributed by atoms with van der Waals surface area (Å²) in [6.07, 6.45) is 2.07. The fourth-order valence-corrected chi connectivity index (χ4v) is 3.07. The quantitative estimate of drug-likeness (QED) is 0.735. The molecule has 5 heteroatoms. The number of Topliss-reactive ketones (excluding diaryl/α,β-unsaturated/α-hetero) is 1. The number of hydrogen-bond acceptors (Lipinski definition) is 4. The lowest BCUT2D eigenvalue weighted by Gasteiger charge is -2.22. The maximum Gasteiger partial charge on any atom is 0.417 e. The van der Waals surface area contributed by atoms with Crippen LogP contribution in [0.15, 0.2) is 72.3 Å². The summed E-state index contributed by atoms with van der Waals surface area (Å²) in [5.41, 5.74) is 1.98. The molecule has 1 aliphatic heterocycles. The number of rotatable bonds is 6. The van der Waals surface area contributed by atoms with Crippen molar-refractivity contribution in [3.63, 3.8) is 0 Å². The number of hydrogen-bond donors (Lipinski definition) is 0. The lowest BCUT2D eigenvalue weighted by Crippen LogP contribution is -2.41. The summed E-state index contributed by atoms with van der Waals surface area (Å²) in [7, 11) is 0. The van der Waals surface area contributed by atoms with E-state index in [1.54, 1.807) is 6.08 Å². The Morgan fingerprint density at radius 2 is 1.56 bits per heavy atom. The molecule has 2 aromatic carbocycles. The third-order valence-corrected chi connectivity index (χ3v) is 4.49. The van der Waals surface area contributed by atoms with Gasteiger partial charge in [-0.25, -0.2) is 9.69 Å². The minimum Gasteiger partial charge on any atom is -0.444 e. The van der Waals surface area contributed by atoms with Crippen LogP contribution in [0.1, 0.15) is 24.5 Å². The molecule has 1 unspecified atom stereocenters. The normalized spacial score (nSPS) is 16.2. The van der Waals surface area contributed by atoms with Crippen molar-refractivity contribution >= 4 is 17.8 Å². The van der Waals surface area contributed by atoms with E-state index >= 15 is 0 Å². The highest BCUT2D eigenvalue weighted by Gasteiger charge is 2.39. The number of imide groups is 1. The van der Waals surface area contributed by atoms with Crippen molar-refractivity contribution in [2.75, 3.05) is 0 Å². The van der Waals surface area contributed by atoms with Crippen LogP contribution in [0.25, 0.3) is 0 Å².